The van der Waals surface area contributed by atoms with Gasteiger partial charge >= 0.3 is 0 Å². The number of nitrogens with one attached hydrogen (secondary N) is 1. The molecule has 3 amide bonds. The van der Waals surface area contributed by atoms with Gasteiger partial charge in [-0.05, 0) is 47.7 Å². The summed E-state index contributed by atoms with van der Waals surface area (Å²) in [5, 5.41) is 2.24. The van der Waals surface area contributed by atoms with Crippen molar-refractivity contribution < 1.29 is 28.2 Å². The van der Waals surface area contributed by atoms with Gasteiger partial charge in [0.25, 0.3) is 11.1 Å². The number of hydrogen-bond acceptors (Lipinski definition) is 6. The lowest BCUT2D eigenvalue weighted by Crippen LogP contribution is -2.37. The third-order valence-electron chi connectivity index (χ3n) is 4.37. The van der Waals surface area contributed by atoms with E-state index in [0.717, 1.165) is 22.2 Å². The minimum Gasteiger partial charge on any atom is -0.497 e. The lowest BCUT2D eigenvalue weighted by atomic mass is 10.2. The van der Waals surface area contributed by atoms with E-state index in [0.29, 0.717) is 10.7 Å². The van der Waals surface area contributed by atoms with Gasteiger partial charge in [-0.3, -0.25) is 19.3 Å². The fraction of sp³-hybridized carbons (Fsp3) is 0.227. The van der Waals surface area contributed by atoms with E-state index >= 15 is 0 Å². The molecule has 1 saturated heterocycles. The smallest absolute Gasteiger partial charge is 0.293 e. The Morgan fingerprint density at radius 3 is 2.61 bits per heavy atom. The second kappa shape index (κ2) is 10.6. The van der Waals surface area contributed by atoms with E-state index in [1.807, 2.05) is 0 Å². The maximum atomic E-state index is 13.5. The zero-order chi connectivity index (χ0) is 22.2. The quantitative estimate of drug-likeness (QED) is 0.597. The summed E-state index contributed by atoms with van der Waals surface area (Å²) in [4.78, 5) is 38.0. The van der Waals surface area contributed by atoms with Crippen LogP contribution < -0.4 is 14.8 Å². The number of para-hydroxylation sites is 1. The number of halogens is 1. The number of hydrogen-bond donors (Lipinski definition) is 1. The normalized spacial score (nSPS) is 14.8. The van der Waals surface area contributed by atoms with Crippen molar-refractivity contribution in [3.05, 3.63) is 64.8 Å². The number of methoxy groups -OCH3 is 1. The first-order valence-corrected chi connectivity index (χ1v) is 10.3. The first-order chi connectivity index (χ1) is 15.0. The van der Waals surface area contributed by atoms with Gasteiger partial charge in [-0.2, -0.15) is 0 Å². The Bertz CT molecular complexity index is 994. The van der Waals surface area contributed by atoms with Gasteiger partial charge in [-0.25, -0.2) is 4.39 Å². The highest BCUT2D eigenvalue weighted by molar-refractivity contribution is 8.18. The summed E-state index contributed by atoms with van der Waals surface area (Å²) in [5.41, 5.74) is 0.773. The first kappa shape index (κ1) is 22.4. The summed E-state index contributed by atoms with van der Waals surface area (Å²) in [7, 11) is 1.56. The minimum atomic E-state index is -0.495. The number of ether oxygens (including phenoxy) is 2. The fourth-order valence-corrected chi connectivity index (χ4v) is 3.62. The van der Waals surface area contributed by atoms with Crippen molar-refractivity contribution in [3.63, 3.8) is 0 Å². The van der Waals surface area contributed by atoms with E-state index in [4.69, 9.17) is 9.47 Å². The van der Waals surface area contributed by atoms with Gasteiger partial charge in [-0.15, -0.1) is 0 Å². The lowest BCUT2D eigenvalue weighted by molar-refractivity contribution is -0.124. The summed E-state index contributed by atoms with van der Waals surface area (Å²) >= 11 is 0.857. The molecule has 0 aromatic heterocycles. The first-order valence-electron chi connectivity index (χ1n) is 9.51. The maximum Gasteiger partial charge on any atom is 0.293 e. The molecule has 1 heterocycles. The second-order valence-electron chi connectivity index (χ2n) is 6.49. The molecule has 3 rings (SSSR count). The Morgan fingerprint density at radius 1 is 1.16 bits per heavy atom. The highest BCUT2D eigenvalue weighted by atomic mass is 32.2. The van der Waals surface area contributed by atoms with Crippen LogP contribution in [0, 0.1) is 5.82 Å². The predicted molar refractivity (Wildman–Crippen MR) is 115 cm³/mol. The molecule has 0 spiro atoms. The Kier molecular flexibility index (Phi) is 7.66. The van der Waals surface area contributed by atoms with Crippen LogP contribution in [-0.2, 0) is 9.59 Å². The Labute approximate surface area is 183 Å². The molecule has 1 fully saturated rings. The number of amides is 3. The molecule has 31 heavy (non-hydrogen) atoms. The molecular formula is C22H21FN2O5S. The molecule has 0 bridgehead atoms. The number of nitrogens with zero attached hydrogens (tertiary/aromatic N) is 1. The van der Waals surface area contributed by atoms with Crippen molar-refractivity contribution in [1.29, 1.82) is 0 Å². The van der Waals surface area contributed by atoms with Crippen molar-refractivity contribution >= 4 is 34.9 Å². The molecule has 1 N–H and O–H groups in total. The minimum absolute atomic E-state index is 0.0128. The standard InChI is InChI=1S/C22H21FN2O5S/c1-29-16-8-6-15(7-9-16)14-19-21(27)25(22(28)31-19)12-11-24-20(26)10-13-30-18-5-3-2-4-17(18)23/h2-9,14H,10-13H2,1H3,(H,24,26). The van der Waals surface area contributed by atoms with Crippen LogP contribution >= 0.6 is 11.8 Å². The highest BCUT2D eigenvalue weighted by Gasteiger charge is 2.34. The van der Waals surface area contributed by atoms with Crippen molar-refractivity contribution in [1.82, 2.24) is 10.2 Å². The van der Waals surface area contributed by atoms with Crippen LogP contribution in [0.25, 0.3) is 6.08 Å². The number of carbonyl (C=O) groups is 3. The molecule has 0 aliphatic carbocycles. The molecule has 1 aliphatic rings. The number of imide groups is 1. The molecule has 0 unspecified atom stereocenters. The van der Waals surface area contributed by atoms with E-state index in [1.165, 1.54) is 12.1 Å². The SMILES string of the molecule is COc1ccc(C=C2SC(=O)N(CCNC(=O)CCOc3ccccc3F)C2=O)cc1. The zero-order valence-electron chi connectivity index (χ0n) is 16.8. The number of rotatable bonds is 9. The van der Waals surface area contributed by atoms with Crippen molar-refractivity contribution in [2.24, 2.45) is 0 Å². The number of benzene rings is 2. The molecule has 7 nitrogen and oxygen atoms in total. The topological polar surface area (TPSA) is 84.9 Å². The number of carbonyl (C=O) groups excluding carboxylic acids is 3. The summed E-state index contributed by atoms with van der Waals surface area (Å²) in [5.74, 6) is -0.443. The van der Waals surface area contributed by atoms with E-state index in [2.05, 4.69) is 5.32 Å². The monoisotopic (exact) mass is 444 g/mol. The fourth-order valence-electron chi connectivity index (χ4n) is 2.76. The van der Waals surface area contributed by atoms with Crippen LogP contribution in [-0.4, -0.2) is 48.8 Å². The van der Waals surface area contributed by atoms with Gasteiger partial charge < -0.3 is 14.8 Å². The molecule has 0 radical (unpaired) electrons. The molecule has 9 heteroatoms. The van der Waals surface area contributed by atoms with Crippen LogP contribution in [0.2, 0.25) is 0 Å². The Morgan fingerprint density at radius 2 is 1.90 bits per heavy atom. The van der Waals surface area contributed by atoms with Gasteiger partial charge in [0.15, 0.2) is 11.6 Å². The Balaban J connectivity index is 1.44. The van der Waals surface area contributed by atoms with Crippen molar-refractivity contribution in [2.45, 2.75) is 6.42 Å². The van der Waals surface area contributed by atoms with Gasteiger partial charge in [0.1, 0.15) is 5.75 Å². The van der Waals surface area contributed by atoms with Crippen LogP contribution in [0.3, 0.4) is 0 Å². The van der Waals surface area contributed by atoms with Gasteiger partial charge in [0, 0.05) is 13.1 Å². The van der Waals surface area contributed by atoms with Crippen LogP contribution in [0.15, 0.2) is 53.4 Å². The molecule has 2 aromatic carbocycles. The summed E-state index contributed by atoms with van der Waals surface area (Å²) in [6.07, 6.45) is 1.66. The van der Waals surface area contributed by atoms with E-state index in [1.54, 1.807) is 49.6 Å². The average Bonchev–Trinajstić information content (AvgIpc) is 3.03. The number of thioether (sulfide) groups is 1. The third kappa shape index (κ3) is 6.08. The molecule has 162 valence electrons. The van der Waals surface area contributed by atoms with Gasteiger partial charge in [-0.1, -0.05) is 24.3 Å². The van der Waals surface area contributed by atoms with Crippen LogP contribution in [0.5, 0.6) is 11.5 Å². The molecule has 0 atom stereocenters. The predicted octanol–water partition coefficient (Wildman–Crippen LogP) is 3.46. The second-order valence-corrected chi connectivity index (χ2v) is 7.48. The molecular weight excluding hydrogens is 423 g/mol. The third-order valence-corrected chi connectivity index (χ3v) is 5.28. The summed E-state index contributed by atoms with van der Waals surface area (Å²) in [6.45, 7) is 0.190. The van der Waals surface area contributed by atoms with Crippen molar-refractivity contribution in [3.8, 4) is 11.5 Å². The highest BCUT2D eigenvalue weighted by Crippen LogP contribution is 2.32. The van der Waals surface area contributed by atoms with E-state index in [-0.39, 0.29) is 43.0 Å². The van der Waals surface area contributed by atoms with Crippen LogP contribution in [0.1, 0.15) is 12.0 Å². The zero-order valence-corrected chi connectivity index (χ0v) is 17.6. The maximum absolute atomic E-state index is 13.5. The van der Waals surface area contributed by atoms with Crippen LogP contribution in [0.4, 0.5) is 9.18 Å². The summed E-state index contributed by atoms with van der Waals surface area (Å²) < 4.78 is 23.8. The van der Waals surface area contributed by atoms with E-state index < -0.39 is 11.7 Å². The van der Waals surface area contributed by atoms with Gasteiger partial charge in [0.05, 0.1) is 25.0 Å². The molecule has 2 aromatic rings. The lowest BCUT2D eigenvalue weighted by Gasteiger charge is -2.13. The van der Waals surface area contributed by atoms with Crippen molar-refractivity contribution in [2.75, 3.05) is 26.8 Å². The average molecular weight is 444 g/mol. The Hall–Kier alpha value is -3.33. The van der Waals surface area contributed by atoms with E-state index in [9.17, 15) is 18.8 Å². The summed E-state index contributed by atoms with van der Waals surface area (Å²) in [6, 6.07) is 13.0. The molecule has 0 saturated carbocycles. The van der Waals surface area contributed by atoms with Gasteiger partial charge in [0.2, 0.25) is 5.91 Å². The molecule has 1 aliphatic heterocycles. The largest absolute Gasteiger partial charge is 0.497 e.